The van der Waals surface area contributed by atoms with Crippen molar-refractivity contribution in [3.8, 4) is 0 Å². The average molecular weight is 320 g/mol. The minimum atomic E-state index is -0.483. The van der Waals surface area contributed by atoms with Crippen LogP contribution in [0.3, 0.4) is 0 Å². The van der Waals surface area contributed by atoms with Crippen molar-refractivity contribution in [3.63, 3.8) is 0 Å². The van der Waals surface area contributed by atoms with Gasteiger partial charge in [-0.15, -0.1) is 0 Å². The summed E-state index contributed by atoms with van der Waals surface area (Å²) < 4.78 is 0. The first kappa shape index (κ1) is 15.6. The van der Waals surface area contributed by atoms with Crippen LogP contribution in [0.15, 0.2) is 52.4 Å². The number of carbonyl (C=O) groups excluding carboxylic acids is 1. The molecule has 1 aromatic heterocycles. The quantitative estimate of drug-likeness (QED) is 0.573. The van der Waals surface area contributed by atoms with Crippen molar-refractivity contribution in [2.75, 3.05) is 0 Å². The van der Waals surface area contributed by atoms with Gasteiger partial charge in [0.1, 0.15) is 0 Å². The molecule has 24 heavy (non-hydrogen) atoms. The number of fused-ring (bicyclic) bond motifs is 1. The molecule has 3 rings (SSSR count). The van der Waals surface area contributed by atoms with Crippen molar-refractivity contribution in [1.29, 1.82) is 0 Å². The largest absolute Gasteiger partial charge is 0.292 e. The third kappa shape index (κ3) is 3.08. The summed E-state index contributed by atoms with van der Waals surface area (Å²) in [6.45, 7) is 4.00. The number of aromatic nitrogens is 2. The van der Waals surface area contributed by atoms with E-state index in [4.69, 9.17) is 0 Å². The molecule has 0 spiro atoms. The van der Waals surface area contributed by atoms with Crippen molar-refractivity contribution in [2.45, 2.75) is 13.8 Å². The van der Waals surface area contributed by atoms with Crippen LogP contribution < -0.4 is 11.0 Å². The molecule has 120 valence electrons. The fourth-order valence-corrected chi connectivity index (χ4v) is 2.47. The minimum absolute atomic E-state index is 0.128. The third-order valence-corrected chi connectivity index (χ3v) is 3.71. The molecule has 0 aliphatic heterocycles. The summed E-state index contributed by atoms with van der Waals surface area (Å²) in [5.74, 6) is -0.483. The van der Waals surface area contributed by atoms with E-state index in [1.165, 1.54) is 0 Å². The predicted octanol–water partition coefficient (Wildman–Crippen LogP) is 2.30. The van der Waals surface area contributed by atoms with Gasteiger partial charge in [-0.2, -0.15) is 10.2 Å². The Kier molecular flexibility index (Phi) is 4.20. The van der Waals surface area contributed by atoms with Gasteiger partial charge in [0.2, 0.25) is 0 Å². The highest BCUT2D eigenvalue weighted by Gasteiger charge is 2.13. The molecule has 1 heterocycles. The molecule has 0 radical (unpaired) electrons. The van der Waals surface area contributed by atoms with E-state index >= 15 is 0 Å². The van der Waals surface area contributed by atoms with Crippen LogP contribution in [0.25, 0.3) is 10.8 Å². The summed E-state index contributed by atoms with van der Waals surface area (Å²) in [5.41, 5.74) is 5.39. The van der Waals surface area contributed by atoms with Crippen LogP contribution in [0, 0.1) is 13.8 Å². The molecule has 6 heteroatoms. The molecule has 0 fully saturated rings. The van der Waals surface area contributed by atoms with E-state index in [2.05, 4.69) is 20.7 Å². The number of hydrogen-bond donors (Lipinski definition) is 2. The van der Waals surface area contributed by atoms with E-state index in [9.17, 15) is 9.59 Å². The Morgan fingerprint density at radius 2 is 1.92 bits per heavy atom. The zero-order chi connectivity index (χ0) is 17.1. The molecule has 6 nitrogen and oxygen atoms in total. The maximum Gasteiger partial charge on any atom is 0.292 e. The van der Waals surface area contributed by atoms with Crippen molar-refractivity contribution >= 4 is 22.9 Å². The lowest BCUT2D eigenvalue weighted by Gasteiger charge is -2.04. The Bertz CT molecular complexity index is 1010. The van der Waals surface area contributed by atoms with Crippen LogP contribution in [0.5, 0.6) is 0 Å². The average Bonchev–Trinajstić information content (AvgIpc) is 2.57. The highest BCUT2D eigenvalue weighted by molar-refractivity contribution is 6.04. The second-order valence-electron chi connectivity index (χ2n) is 5.51. The molecule has 2 N–H and O–H groups in total. The molecule has 0 aliphatic rings. The molecule has 3 aromatic rings. The number of hydrazone groups is 1. The molecule has 1 amide bonds. The summed E-state index contributed by atoms with van der Waals surface area (Å²) in [6.07, 6.45) is 1.58. The zero-order valence-electron chi connectivity index (χ0n) is 13.3. The normalized spacial score (nSPS) is 11.1. The van der Waals surface area contributed by atoms with E-state index in [0.717, 1.165) is 16.7 Å². The molecular weight excluding hydrogens is 304 g/mol. The summed E-state index contributed by atoms with van der Waals surface area (Å²) in [5, 5.41) is 11.0. The molecule has 0 unspecified atom stereocenters. The zero-order valence-corrected chi connectivity index (χ0v) is 13.3. The molecule has 0 saturated heterocycles. The number of aryl methyl sites for hydroxylation is 2. The molecule has 0 saturated carbocycles. The smallest absolute Gasteiger partial charge is 0.267 e. The summed E-state index contributed by atoms with van der Waals surface area (Å²) in [7, 11) is 0. The highest BCUT2D eigenvalue weighted by Crippen LogP contribution is 2.12. The lowest BCUT2D eigenvalue weighted by molar-refractivity contribution is 0.0951. The number of nitrogens with zero attached hydrogens (tertiary/aromatic N) is 2. The van der Waals surface area contributed by atoms with Gasteiger partial charge in [-0.1, -0.05) is 42.0 Å². The fourth-order valence-electron chi connectivity index (χ4n) is 2.47. The Morgan fingerprint density at radius 1 is 1.17 bits per heavy atom. The van der Waals surface area contributed by atoms with Gasteiger partial charge >= 0.3 is 0 Å². The molecule has 0 bridgehead atoms. The van der Waals surface area contributed by atoms with Crippen LogP contribution in [0.1, 0.15) is 27.2 Å². The highest BCUT2D eigenvalue weighted by atomic mass is 16.2. The number of amides is 1. The first-order valence-corrected chi connectivity index (χ1v) is 7.44. The van der Waals surface area contributed by atoms with Crippen molar-refractivity contribution in [1.82, 2.24) is 15.6 Å². The second kappa shape index (κ2) is 6.45. The van der Waals surface area contributed by atoms with Crippen LogP contribution in [0.4, 0.5) is 0 Å². The van der Waals surface area contributed by atoms with Gasteiger partial charge in [-0.05, 0) is 31.0 Å². The fraction of sp³-hybridized carbons (Fsp3) is 0.111. The van der Waals surface area contributed by atoms with Gasteiger partial charge in [0.25, 0.3) is 11.5 Å². The van der Waals surface area contributed by atoms with E-state index in [0.29, 0.717) is 10.8 Å². The SMILES string of the molecule is Cc1ccc(/C=N\NC(=O)c2n[nH]c(=O)c3ccccc23)c(C)c1. The number of nitrogens with one attached hydrogen (secondary N) is 2. The van der Waals surface area contributed by atoms with Gasteiger partial charge in [0.15, 0.2) is 5.69 Å². The second-order valence-corrected chi connectivity index (χ2v) is 5.51. The Labute approximate surface area is 138 Å². The Hall–Kier alpha value is -3.28. The first-order chi connectivity index (χ1) is 11.6. The molecular formula is C18H16N4O2. The lowest BCUT2D eigenvalue weighted by Crippen LogP contribution is -2.22. The van der Waals surface area contributed by atoms with Gasteiger partial charge in [0, 0.05) is 5.39 Å². The van der Waals surface area contributed by atoms with Gasteiger partial charge < -0.3 is 0 Å². The molecule has 2 aromatic carbocycles. The van der Waals surface area contributed by atoms with Crippen LogP contribution >= 0.6 is 0 Å². The summed E-state index contributed by atoms with van der Waals surface area (Å²) >= 11 is 0. The summed E-state index contributed by atoms with van der Waals surface area (Å²) in [6, 6.07) is 12.8. The number of aromatic amines is 1. The lowest BCUT2D eigenvalue weighted by atomic mass is 10.1. The Morgan fingerprint density at radius 3 is 2.67 bits per heavy atom. The van der Waals surface area contributed by atoms with E-state index < -0.39 is 5.91 Å². The van der Waals surface area contributed by atoms with Crippen LogP contribution in [-0.2, 0) is 0 Å². The van der Waals surface area contributed by atoms with Gasteiger partial charge in [0.05, 0.1) is 11.6 Å². The summed E-state index contributed by atoms with van der Waals surface area (Å²) in [4.78, 5) is 24.0. The maximum absolute atomic E-state index is 12.3. The number of benzene rings is 2. The standard InChI is InChI=1S/C18H16N4O2/c1-11-7-8-13(12(2)9-11)10-19-21-18(24)16-14-5-3-4-6-15(14)17(23)22-20-16/h3-10H,1-2H3,(H,21,24)(H,22,23)/b19-10-. The van der Waals surface area contributed by atoms with Crippen LogP contribution in [0.2, 0.25) is 0 Å². The first-order valence-electron chi connectivity index (χ1n) is 7.44. The van der Waals surface area contributed by atoms with E-state index in [-0.39, 0.29) is 11.3 Å². The van der Waals surface area contributed by atoms with Crippen molar-refractivity contribution < 1.29 is 4.79 Å². The van der Waals surface area contributed by atoms with E-state index in [1.54, 1.807) is 30.5 Å². The van der Waals surface area contributed by atoms with Gasteiger partial charge in [-0.3, -0.25) is 9.59 Å². The number of carbonyl (C=O) groups is 1. The molecule has 0 atom stereocenters. The third-order valence-electron chi connectivity index (χ3n) is 3.71. The topological polar surface area (TPSA) is 87.2 Å². The van der Waals surface area contributed by atoms with Gasteiger partial charge in [-0.25, -0.2) is 10.5 Å². The number of hydrogen-bond acceptors (Lipinski definition) is 4. The van der Waals surface area contributed by atoms with Crippen molar-refractivity contribution in [3.05, 3.63) is 75.2 Å². The predicted molar refractivity (Wildman–Crippen MR) is 93.3 cm³/mol. The number of rotatable bonds is 3. The minimum Gasteiger partial charge on any atom is -0.267 e. The van der Waals surface area contributed by atoms with E-state index in [1.807, 2.05) is 32.0 Å². The maximum atomic E-state index is 12.3. The monoisotopic (exact) mass is 320 g/mol. The number of H-pyrrole nitrogens is 1. The van der Waals surface area contributed by atoms with Crippen LogP contribution in [-0.4, -0.2) is 22.3 Å². The molecule has 0 aliphatic carbocycles. The van der Waals surface area contributed by atoms with Crippen molar-refractivity contribution in [2.24, 2.45) is 5.10 Å². The Balaban J connectivity index is 1.84.